The average molecular weight is 547 g/mol. The zero-order valence-electron chi connectivity index (χ0n) is 21.2. The molecule has 2 aliphatic heterocycles. The number of pyridine rings is 1. The lowest BCUT2D eigenvalue weighted by Crippen LogP contribution is -2.38. The predicted octanol–water partition coefficient (Wildman–Crippen LogP) is 6.67. The molecule has 0 aliphatic carbocycles. The smallest absolute Gasteiger partial charge is 0.247 e. The number of halogens is 3. The Morgan fingerprint density at radius 1 is 1.13 bits per heavy atom. The van der Waals surface area contributed by atoms with E-state index in [2.05, 4.69) is 16.4 Å². The van der Waals surface area contributed by atoms with Gasteiger partial charge in [-0.25, -0.2) is 8.78 Å². The van der Waals surface area contributed by atoms with E-state index in [1.807, 2.05) is 19.1 Å². The summed E-state index contributed by atoms with van der Waals surface area (Å²) in [5.74, 6) is -2.47. The molecule has 2 aliphatic rings. The Morgan fingerprint density at radius 3 is 2.72 bits per heavy atom. The first-order valence-electron chi connectivity index (χ1n) is 12.7. The van der Waals surface area contributed by atoms with Crippen molar-refractivity contribution in [2.45, 2.75) is 38.6 Å². The second-order valence-electron chi connectivity index (χ2n) is 9.85. The van der Waals surface area contributed by atoms with E-state index < -0.39 is 17.7 Å². The summed E-state index contributed by atoms with van der Waals surface area (Å²) in [6.45, 7) is 2.08. The number of anilines is 1. The van der Waals surface area contributed by atoms with Crippen molar-refractivity contribution in [3.63, 3.8) is 0 Å². The molecule has 0 saturated carbocycles. The van der Waals surface area contributed by atoms with E-state index in [1.54, 1.807) is 29.3 Å². The Kier molecular flexibility index (Phi) is 7.45. The maximum Gasteiger partial charge on any atom is 0.247 e. The lowest BCUT2D eigenvalue weighted by Gasteiger charge is -2.34. The Bertz CT molecular complexity index is 1550. The summed E-state index contributed by atoms with van der Waals surface area (Å²) in [6.07, 6.45) is 4.96. The maximum atomic E-state index is 14.7. The van der Waals surface area contributed by atoms with Gasteiger partial charge in [0.2, 0.25) is 11.8 Å². The third-order valence-electron chi connectivity index (χ3n) is 7.35. The first-order valence-corrected chi connectivity index (χ1v) is 13.1. The number of carbonyl (C=O) groups is 2. The molecule has 1 N–H and O–H groups in total. The van der Waals surface area contributed by atoms with E-state index in [1.165, 1.54) is 6.08 Å². The van der Waals surface area contributed by atoms with Crippen LogP contribution in [0.5, 0.6) is 0 Å². The number of nitrogens with zero attached hydrogens (tertiary/aromatic N) is 3. The number of amides is 2. The predicted molar refractivity (Wildman–Crippen MR) is 144 cm³/mol. The first kappa shape index (κ1) is 26.5. The molecule has 198 valence electrons. The Balaban J connectivity index is 1.54. The fourth-order valence-electron chi connectivity index (χ4n) is 5.22. The molecule has 6 nitrogen and oxygen atoms in total. The molecule has 3 aromatic rings. The Hall–Kier alpha value is -4.09. The SMILES string of the molecule is CC1CCC[C@@H](N2CCC(c3c(F)ccc(Cl)c3F)=CC2=O)c2cc(ccn2)-c2ccc(C#N)cc2NC1=O. The van der Waals surface area contributed by atoms with E-state index in [0.717, 1.165) is 23.3 Å². The van der Waals surface area contributed by atoms with Gasteiger partial charge in [0.25, 0.3) is 0 Å². The maximum absolute atomic E-state index is 14.7. The normalized spacial score (nSPS) is 19.7. The monoisotopic (exact) mass is 546 g/mol. The molecule has 1 unspecified atom stereocenters. The van der Waals surface area contributed by atoms with Crippen LogP contribution in [0.15, 0.2) is 54.7 Å². The molecule has 9 heteroatoms. The highest BCUT2D eigenvalue weighted by Crippen LogP contribution is 2.37. The van der Waals surface area contributed by atoms with Crippen LogP contribution >= 0.6 is 11.6 Å². The summed E-state index contributed by atoms with van der Waals surface area (Å²) in [7, 11) is 0. The van der Waals surface area contributed by atoms with Gasteiger partial charge >= 0.3 is 0 Å². The van der Waals surface area contributed by atoms with Crippen molar-refractivity contribution in [3.8, 4) is 17.2 Å². The number of rotatable bonds is 2. The summed E-state index contributed by atoms with van der Waals surface area (Å²) < 4.78 is 29.2. The third-order valence-corrected chi connectivity index (χ3v) is 7.64. The minimum Gasteiger partial charge on any atom is -0.330 e. The molecule has 2 atom stereocenters. The molecule has 3 heterocycles. The van der Waals surface area contributed by atoms with Crippen LogP contribution in [0, 0.1) is 28.9 Å². The molecule has 1 aromatic heterocycles. The molecule has 5 rings (SSSR count). The van der Waals surface area contributed by atoms with Crippen LogP contribution in [-0.2, 0) is 9.59 Å². The van der Waals surface area contributed by atoms with Gasteiger partial charge in [-0.3, -0.25) is 14.6 Å². The molecule has 0 fully saturated rings. The fraction of sp³-hybridized carbons (Fsp3) is 0.267. The highest BCUT2D eigenvalue weighted by atomic mass is 35.5. The van der Waals surface area contributed by atoms with Crippen molar-refractivity contribution in [2.24, 2.45) is 5.92 Å². The van der Waals surface area contributed by atoms with Crippen LogP contribution in [-0.4, -0.2) is 28.2 Å². The molecule has 2 amide bonds. The van der Waals surface area contributed by atoms with Crippen LogP contribution in [0.4, 0.5) is 14.5 Å². The Morgan fingerprint density at radius 2 is 1.95 bits per heavy atom. The van der Waals surface area contributed by atoms with Gasteiger partial charge in [0.05, 0.1) is 34.0 Å². The minimum atomic E-state index is -0.880. The molecule has 0 radical (unpaired) electrons. The van der Waals surface area contributed by atoms with Crippen LogP contribution in [0.25, 0.3) is 16.7 Å². The van der Waals surface area contributed by atoms with Crippen molar-refractivity contribution in [1.82, 2.24) is 9.88 Å². The molecule has 0 spiro atoms. The summed E-state index contributed by atoms with van der Waals surface area (Å²) in [5, 5.41) is 12.1. The summed E-state index contributed by atoms with van der Waals surface area (Å²) >= 11 is 5.87. The van der Waals surface area contributed by atoms with Gasteiger partial charge < -0.3 is 10.2 Å². The van der Waals surface area contributed by atoms with Gasteiger partial charge in [-0.15, -0.1) is 0 Å². The van der Waals surface area contributed by atoms with E-state index in [-0.39, 0.29) is 46.9 Å². The van der Waals surface area contributed by atoms with E-state index >= 15 is 0 Å². The fourth-order valence-corrected chi connectivity index (χ4v) is 5.38. The largest absolute Gasteiger partial charge is 0.330 e. The van der Waals surface area contributed by atoms with Crippen molar-refractivity contribution < 1.29 is 18.4 Å². The molecule has 2 aromatic carbocycles. The summed E-state index contributed by atoms with van der Waals surface area (Å²) in [6, 6.07) is 12.8. The number of carbonyl (C=O) groups excluding carboxylic acids is 2. The number of hydrogen-bond donors (Lipinski definition) is 1. The number of nitrogens with one attached hydrogen (secondary N) is 1. The molecular weight excluding hydrogens is 522 g/mol. The van der Waals surface area contributed by atoms with Crippen molar-refractivity contribution in [2.75, 3.05) is 11.9 Å². The number of benzene rings is 2. The van der Waals surface area contributed by atoms with E-state index in [0.29, 0.717) is 36.2 Å². The summed E-state index contributed by atoms with van der Waals surface area (Å²) in [4.78, 5) is 32.6. The highest BCUT2D eigenvalue weighted by Gasteiger charge is 2.31. The second kappa shape index (κ2) is 11.0. The zero-order valence-corrected chi connectivity index (χ0v) is 21.9. The number of fused-ring (bicyclic) bond motifs is 4. The van der Waals surface area contributed by atoms with Gasteiger partial charge in [-0.1, -0.05) is 31.0 Å². The van der Waals surface area contributed by atoms with E-state index in [4.69, 9.17) is 11.6 Å². The third kappa shape index (κ3) is 5.27. The van der Waals surface area contributed by atoms with Crippen LogP contribution in [0.2, 0.25) is 5.02 Å². The second-order valence-corrected chi connectivity index (χ2v) is 10.3. The van der Waals surface area contributed by atoms with Crippen molar-refractivity contribution in [3.05, 3.63) is 88.2 Å². The first-order chi connectivity index (χ1) is 18.8. The number of hydrogen-bond acceptors (Lipinski definition) is 4. The topological polar surface area (TPSA) is 86.1 Å². The lowest BCUT2D eigenvalue weighted by atomic mass is 9.92. The van der Waals surface area contributed by atoms with Crippen LogP contribution in [0.3, 0.4) is 0 Å². The quantitative estimate of drug-likeness (QED) is 0.364. The van der Waals surface area contributed by atoms with E-state index in [9.17, 15) is 23.6 Å². The summed E-state index contributed by atoms with van der Waals surface area (Å²) in [5.41, 5.74) is 3.13. The van der Waals surface area contributed by atoms with Crippen molar-refractivity contribution in [1.29, 1.82) is 5.26 Å². The lowest BCUT2D eigenvalue weighted by molar-refractivity contribution is -0.129. The van der Waals surface area contributed by atoms with Crippen LogP contribution < -0.4 is 5.32 Å². The van der Waals surface area contributed by atoms with Gasteiger partial charge in [0.1, 0.15) is 5.82 Å². The molecule has 0 saturated heterocycles. The average Bonchev–Trinajstić information content (AvgIpc) is 2.93. The molecular formula is C30H25ClF2N4O2. The number of nitriles is 1. The van der Waals surface area contributed by atoms with Gasteiger partial charge in [-0.2, -0.15) is 5.26 Å². The Labute approximate surface area is 229 Å². The van der Waals surface area contributed by atoms with Crippen LogP contribution in [0.1, 0.15) is 55.5 Å². The molecule has 2 bridgehead atoms. The standard InChI is InChI=1S/C30H25ClF2N4O2/c1-17-3-2-4-26(37-12-10-20(15-27(37)38)28-23(32)8-7-22(31)29(28)33)25-14-19(9-11-35-25)21-6-5-18(16-34)13-24(21)36-30(17)39/h5-9,11,13-15,17,26H,2-4,10,12H2,1H3,(H,36,39)/t17?,26-/m1/s1. The van der Waals surface area contributed by atoms with Gasteiger partial charge in [0.15, 0.2) is 5.82 Å². The number of aromatic nitrogens is 1. The minimum absolute atomic E-state index is 0.148. The zero-order chi connectivity index (χ0) is 27.7. The highest BCUT2D eigenvalue weighted by molar-refractivity contribution is 6.31. The van der Waals surface area contributed by atoms with Gasteiger partial charge in [-0.05, 0) is 66.8 Å². The van der Waals surface area contributed by atoms with Gasteiger partial charge in [0, 0.05) is 36.0 Å². The molecule has 39 heavy (non-hydrogen) atoms. The van der Waals surface area contributed by atoms with Crippen molar-refractivity contribution >= 4 is 34.7 Å².